The summed E-state index contributed by atoms with van der Waals surface area (Å²) in [5.74, 6) is -0.313. The molecule has 3 rings (SSSR count). The van der Waals surface area contributed by atoms with E-state index in [1.54, 1.807) is 22.2 Å². The Morgan fingerprint density at radius 3 is 3.00 bits per heavy atom. The van der Waals surface area contributed by atoms with E-state index in [-0.39, 0.29) is 24.6 Å². The Bertz CT molecular complexity index is 823. The number of hydrogen-bond acceptors (Lipinski definition) is 6. The van der Waals surface area contributed by atoms with E-state index in [1.807, 2.05) is 17.5 Å². The maximum Gasteiger partial charge on any atom is 0.267 e. The Hall–Kier alpha value is -2.81. The zero-order valence-electron chi connectivity index (χ0n) is 11.4. The Balaban J connectivity index is 1.57. The lowest BCUT2D eigenvalue weighted by Gasteiger charge is -2.04. The first-order valence-corrected chi connectivity index (χ1v) is 7.34. The summed E-state index contributed by atoms with van der Waals surface area (Å²) in [6, 6.07) is 6.73. The first-order chi connectivity index (χ1) is 10.7. The van der Waals surface area contributed by atoms with Crippen LogP contribution in [0.25, 0.3) is 5.00 Å². The normalized spacial score (nSPS) is 10.5. The predicted octanol–water partition coefficient (Wildman–Crippen LogP) is 0.202. The van der Waals surface area contributed by atoms with Gasteiger partial charge in [-0.15, -0.1) is 16.4 Å². The number of aromatic nitrogens is 5. The van der Waals surface area contributed by atoms with Crippen LogP contribution in [0.1, 0.15) is 5.69 Å². The summed E-state index contributed by atoms with van der Waals surface area (Å²) in [4.78, 5) is 23.3. The van der Waals surface area contributed by atoms with E-state index in [2.05, 4.69) is 20.7 Å². The number of carbonyl (C=O) groups is 1. The minimum absolute atomic E-state index is 0.126. The van der Waals surface area contributed by atoms with Gasteiger partial charge < -0.3 is 5.32 Å². The van der Waals surface area contributed by atoms with E-state index in [0.717, 1.165) is 9.68 Å². The van der Waals surface area contributed by atoms with Crippen LogP contribution in [0.4, 0.5) is 0 Å². The maximum atomic E-state index is 11.8. The predicted molar refractivity (Wildman–Crippen MR) is 79.6 cm³/mol. The van der Waals surface area contributed by atoms with Crippen molar-refractivity contribution in [2.45, 2.75) is 13.1 Å². The molecule has 1 N–H and O–H groups in total. The van der Waals surface area contributed by atoms with E-state index < -0.39 is 0 Å². The molecule has 0 bridgehead atoms. The number of rotatable bonds is 5. The second kappa shape index (κ2) is 6.31. The minimum atomic E-state index is -0.318. The molecule has 0 fully saturated rings. The van der Waals surface area contributed by atoms with Gasteiger partial charge in [-0.3, -0.25) is 9.59 Å². The SMILES string of the molecule is O=C(Cn1ncccc1=O)NCc1cn(-c2cccs2)nn1. The summed E-state index contributed by atoms with van der Waals surface area (Å²) < 4.78 is 2.74. The van der Waals surface area contributed by atoms with Crippen LogP contribution in [0.2, 0.25) is 0 Å². The average molecular weight is 316 g/mol. The van der Waals surface area contributed by atoms with Crippen LogP contribution in [-0.4, -0.2) is 30.7 Å². The summed E-state index contributed by atoms with van der Waals surface area (Å²) in [5, 5.41) is 17.4. The third kappa shape index (κ3) is 3.26. The van der Waals surface area contributed by atoms with E-state index in [1.165, 1.54) is 18.3 Å². The Morgan fingerprint density at radius 2 is 2.23 bits per heavy atom. The molecule has 0 aliphatic rings. The molecular weight excluding hydrogens is 304 g/mol. The second-order valence-corrected chi connectivity index (χ2v) is 5.33. The van der Waals surface area contributed by atoms with Crippen LogP contribution in [0.5, 0.6) is 0 Å². The fraction of sp³-hybridized carbons (Fsp3) is 0.154. The van der Waals surface area contributed by atoms with E-state index >= 15 is 0 Å². The van der Waals surface area contributed by atoms with Gasteiger partial charge in [-0.25, -0.2) is 9.36 Å². The smallest absolute Gasteiger partial charge is 0.267 e. The zero-order chi connectivity index (χ0) is 15.4. The van der Waals surface area contributed by atoms with Gasteiger partial charge in [0.25, 0.3) is 5.56 Å². The summed E-state index contributed by atoms with van der Waals surface area (Å²) in [5.41, 5.74) is 0.316. The molecule has 1 amide bonds. The largest absolute Gasteiger partial charge is 0.349 e. The molecule has 3 heterocycles. The summed E-state index contributed by atoms with van der Waals surface area (Å²) in [7, 11) is 0. The molecule has 9 heteroatoms. The van der Waals surface area contributed by atoms with Gasteiger partial charge in [-0.1, -0.05) is 5.21 Å². The monoisotopic (exact) mass is 316 g/mol. The van der Waals surface area contributed by atoms with E-state index in [9.17, 15) is 9.59 Å². The van der Waals surface area contributed by atoms with Crippen LogP contribution in [-0.2, 0) is 17.9 Å². The Labute approximate surface area is 129 Å². The van der Waals surface area contributed by atoms with Gasteiger partial charge in [0, 0.05) is 12.3 Å². The van der Waals surface area contributed by atoms with Crippen LogP contribution in [0.15, 0.2) is 46.8 Å². The molecule has 0 aliphatic heterocycles. The molecule has 0 radical (unpaired) electrons. The number of carbonyl (C=O) groups excluding carboxylic acids is 1. The van der Waals surface area contributed by atoms with Gasteiger partial charge >= 0.3 is 0 Å². The lowest BCUT2D eigenvalue weighted by Crippen LogP contribution is -2.32. The van der Waals surface area contributed by atoms with Crippen molar-refractivity contribution < 1.29 is 4.79 Å². The molecule has 0 saturated heterocycles. The van der Waals surface area contributed by atoms with Crippen molar-refractivity contribution in [2.24, 2.45) is 0 Å². The summed E-state index contributed by atoms with van der Waals surface area (Å²) >= 11 is 1.54. The molecule has 0 aromatic carbocycles. The standard InChI is InChI=1S/C13H12N6O2S/c20-11(9-18-12(21)3-1-5-15-18)14-7-10-8-19(17-16-10)13-4-2-6-22-13/h1-6,8H,7,9H2,(H,14,20). The number of hydrogen-bond donors (Lipinski definition) is 1. The topological polar surface area (TPSA) is 94.7 Å². The Morgan fingerprint density at radius 1 is 1.32 bits per heavy atom. The maximum absolute atomic E-state index is 11.8. The molecule has 22 heavy (non-hydrogen) atoms. The zero-order valence-corrected chi connectivity index (χ0v) is 12.2. The second-order valence-electron chi connectivity index (χ2n) is 4.40. The minimum Gasteiger partial charge on any atom is -0.349 e. The van der Waals surface area contributed by atoms with Crippen molar-refractivity contribution in [3.63, 3.8) is 0 Å². The summed E-state index contributed by atoms with van der Waals surface area (Å²) in [6.45, 7) is 0.116. The lowest BCUT2D eigenvalue weighted by molar-refractivity contribution is -0.122. The fourth-order valence-electron chi connectivity index (χ4n) is 1.77. The van der Waals surface area contributed by atoms with Crippen LogP contribution in [0.3, 0.4) is 0 Å². The Kier molecular flexibility index (Phi) is 4.05. The average Bonchev–Trinajstić information content (AvgIpc) is 3.18. The number of nitrogens with one attached hydrogen (secondary N) is 1. The van der Waals surface area contributed by atoms with Gasteiger partial charge in [0.2, 0.25) is 5.91 Å². The van der Waals surface area contributed by atoms with Gasteiger partial charge in [0.15, 0.2) is 0 Å². The molecule has 112 valence electrons. The molecular formula is C13H12N6O2S. The highest BCUT2D eigenvalue weighted by atomic mass is 32.1. The first kappa shape index (κ1) is 14.1. The van der Waals surface area contributed by atoms with Crippen LogP contribution < -0.4 is 10.9 Å². The van der Waals surface area contributed by atoms with Gasteiger partial charge in [0.1, 0.15) is 17.2 Å². The highest BCUT2D eigenvalue weighted by Gasteiger charge is 2.07. The molecule has 0 unspecified atom stereocenters. The van der Waals surface area contributed by atoms with Crippen molar-refractivity contribution >= 4 is 17.2 Å². The quantitative estimate of drug-likeness (QED) is 0.725. The number of thiophene rings is 1. The molecule has 0 saturated carbocycles. The molecule has 0 atom stereocenters. The molecule has 0 aliphatic carbocycles. The highest BCUT2D eigenvalue weighted by Crippen LogP contribution is 2.13. The first-order valence-electron chi connectivity index (χ1n) is 6.46. The number of amides is 1. The van der Waals surface area contributed by atoms with Crippen molar-refractivity contribution in [3.05, 3.63) is 58.1 Å². The third-order valence-corrected chi connectivity index (χ3v) is 3.68. The number of nitrogens with zero attached hydrogens (tertiary/aromatic N) is 5. The van der Waals surface area contributed by atoms with Gasteiger partial charge in [-0.05, 0) is 23.6 Å². The molecule has 0 spiro atoms. The summed E-state index contributed by atoms with van der Waals surface area (Å²) in [6.07, 6.45) is 3.21. The highest BCUT2D eigenvalue weighted by molar-refractivity contribution is 7.12. The van der Waals surface area contributed by atoms with Crippen LogP contribution in [0, 0.1) is 0 Å². The van der Waals surface area contributed by atoms with Crippen molar-refractivity contribution in [1.82, 2.24) is 30.1 Å². The fourth-order valence-corrected chi connectivity index (χ4v) is 2.43. The van der Waals surface area contributed by atoms with Gasteiger partial charge in [-0.2, -0.15) is 5.10 Å². The van der Waals surface area contributed by atoms with Crippen LogP contribution >= 0.6 is 11.3 Å². The molecule has 3 aromatic heterocycles. The van der Waals surface area contributed by atoms with Crippen molar-refractivity contribution in [3.8, 4) is 5.00 Å². The van der Waals surface area contributed by atoms with E-state index in [4.69, 9.17) is 0 Å². The van der Waals surface area contributed by atoms with Gasteiger partial charge in [0.05, 0.1) is 12.7 Å². The van der Waals surface area contributed by atoms with Crippen molar-refractivity contribution in [1.29, 1.82) is 0 Å². The molecule has 3 aromatic rings. The molecule has 8 nitrogen and oxygen atoms in total. The third-order valence-electron chi connectivity index (χ3n) is 2.82. The van der Waals surface area contributed by atoms with Crippen molar-refractivity contribution in [2.75, 3.05) is 0 Å². The van der Waals surface area contributed by atoms with E-state index in [0.29, 0.717) is 5.69 Å². The lowest BCUT2D eigenvalue weighted by atomic mass is 10.4.